The summed E-state index contributed by atoms with van der Waals surface area (Å²) in [4.78, 5) is 17.7. The molecule has 0 unspecified atom stereocenters. The molecule has 1 aliphatic carbocycles. The van der Waals surface area contributed by atoms with Crippen LogP contribution in [0.5, 0.6) is 0 Å². The van der Waals surface area contributed by atoms with Crippen molar-refractivity contribution in [2.24, 2.45) is 0 Å². The molecule has 1 aromatic rings. The maximum absolute atomic E-state index is 11.0. The van der Waals surface area contributed by atoms with Gasteiger partial charge in [-0.25, -0.2) is 4.98 Å². The zero-order valence-corrected chi connectivity index (χ0v) is 12.3. The van der Waals surface area contributed by atoms with E-state index in [1.165, 1.54) is 17.8 Å². The summed E-state index contributed by atoms with van der Waals surface area (Å²) in [6.07, 6.45) is 6.82. The van der Waals surface area contributed by atoms with E-state index in [0.29, 0.717) is 12.6 Å². The molecule has 1 aliphatic rings. The Labute approximate surface area is 118 Å². The van der Waals surface area contributed by atoms with Gasteiger partial charge in [0.05, 0.1) is 17.2 Å². The van der Waals surface area contributed by atoms with Crippen molar-refractivity contribution < 1.29 is 9.90 Å². The average Bonchev–Trinajstić information content (AvgIpc) is 2.99. The molecule has 0 bridgehead atoms. The highest BCUT2D eigenvalue weighted by atomic mass is 32.1. The monoisotopic (exact) mass is 282 g/mol. The molecular weight excluding hydrogens is 260 g/mol. The van der Waals surface area contributed by atoms with Crippen LogP contribution in [0.3, 0.4) is 0 Å². The van der Waals surface area contributed by atoms with Gasteiger partial charge >= 0.3 is 5.97 Å². The Morgan fingerprint density at radius 3 is 2.89 bits per heavy atom. The van der Waals surface area contributed by atoms with Crippen molar-refractivity contribution in [3.8, 4) is 0 Å². The van der Waals surface area contributed by atoms with E-state index in [2.05, 4.69) is 22.2 Å². The van der Waals surface area contributed by atoms with E-state index in [0.717, 1.165) is 31.4 Å². The third-order valence-corrected chi connectivity index (χ3v) is 4.57. The van der Waals surface area contributed by atoms with Crippen LogP contribution in [-0.4, -0.2) is 33.5 Å². The normalized spacial score (nSPS) is 16.3. The van der Waals surface area contributed by atoms with Gasteiger partial charge in [-0.05, 0) is 25.7 Å². The lowest BCUT2D eigenvalue weighted by molar-refractivity contribution is -0.139. The lowest BCUT2D eigenvalue weighted by Gasteiger charge is -2.26. The van der Waals surface area contributed by atoms with Gasteiger partial charge in [0.2, 0.25) is 0 Å². The van der Waals surface area contributed by atoms with Gasteiger partial charge in [0.1, 0.15) is 0 Å². The smallest absolute Gasteiger partial charge is 0.317 e. The molecule has 4 nitrogen and oxygen atoms in total. The zero-order valence-electron chi connectivity index (χ0n) is 11.5. The SMILES string of the molecule is CCCc1nc(CN(CC(=O)O)C2CCCC2)cs1. The van der Waals surface area contributed by atoms with Crippen molar-refractivity contribution in [3.05, 3.63) is 16.1 Å². The van der Waals surface area contributed by atoms with Gasteiger partial charge in [0.15, 0.2) is 0 Å². The summed E-state index contributed by atoms with van der Waals surface area (Å²) in [5, 5.41) is 12.3. The Bertz CT molecular complexity index is 413. The number of thiazole rings is 1. The Balaban J connectivity index is 1.99. The molecule has 1 saturated carbocycles. The predicted octanol–water partition coefficient (Wildman–Crippen LogP) is 2.92. The van der Waals surface area contributed by atoms with Gasteiger partial charge < -0.3 is 5.11 Å². The van der Waals surface area contributed by atoms with Gasteiger partial charge in [-0.15, -0.1) is 11.3 Å². The first-order chi connectivity index (χ1) is 9.19. The van der Waals surface area contributed by atoms with Crippen LogP contribution >= 0.6 is 11.3 Å². The highest BCUT2D eigenvalue weighted by Crippen LogP contribution is 2.25. The van der Waals surface area contributed by atoms with Crippen molar-refractivity contribution in [2.45, 2.75) is 58.0 Å². The lowest BCUT2D eigenvalue weighted by Crippen LogP contribution is -2.37. The highest BCUT2D eigenvalue weighted by molar-refractivity contribution is 7.09. The number of carboxylic acid groups (broad SMARTS) is 1. The maximum atomic E-state index is 11.0. The number of nitrogens with zero attached hydrogens (tertiary/aromatic N) is 2. The van der Waals surface area contributed by atoms with Crippen molar-refractivity contribution >= 4 is 17.3 Å². The molecule has 0 radical (unpaired) electrons. The van der Waals surface area contributed by atoms with Crippen molar-refractivity contribution in [3.63, 3.8) is 0 Å². The predicted molar refractivity (Wildman–Crippen MR) is 76.4 cm³/mol. The summed E-state index contributed by atoms with van der Waals surface area (Å²) in [6.45, 7) is 2.96. The summed E-state index contributed by atoms with van der Waals surface area (Å²) in [7, 11) is 0. The fraction of sp³-hybridized carbons (Fsp3) is 0.714. The van der Waals surface area contributed by atoms with Crippen LogP contribution < -0.4 is 0 Å². The molecule has 1 N–H and O–H groups in total. The van der Waals surface area contributed by atoms with E-state index in [4.69, 9.17) is 5.11 Å². The van der Waals surface area contributed by atoms with Crippen molar-refractivity contribution in [1.29, 1.82) is 0 Å². The highest BCUT2D eigenvalue weighted by Gasteiger charge is 2.24. The first kappa shape index (κ1) is 14.5. The maximum Gasteiger partial charge on any atom is 0.317 e. The standard InChI is InChI=1S/C14H22N2O2S/c1-2-5-13-15-11(10-19-13)8-16(9-14(17)18)12-6-3-4-7-12/h10,12H,2-9H2,1H3,(H,17,18). The van der Waals surface area contributed by atoms with Crippen LogP contribution in [0.2, 0.25) is 0 Å². The largest absolute Gasteiger partial charge is 0.480 e. The van der Waals surface area contributed by atoms with E-state index in [9.17, 15) is 4.79 Å². The zero-order chi connectivity index (χ0) is 13.7. The van der Waals surface area contributed by atoms with Crippen molar-refractivity contribution in [1.82, 2.24) is 9.88 Å². The summed E-state index contributed by atoms with van der Waals surface area (Å²) < 4.78 is 0. The van der Waals surface area contributed by atoms with E-state index < -0.39 is 5.97 Å². The molecule has 0 spiro atoms. The van der Waals surface area contributed by atoms with Gasteiger partial charge in [0, 0.05) is 18.0 Å². The average molecular weight is 282 g/mol. The topological polar surface area (TPSA) is 53.4 Å². The summed E-state index contributed by atoms with van der Waals surface area (Å²) in [5.74, 6) is -0.740. The van der Waals surface area contributed by atoms with E-state index >= 15 is 0 Å². The van der Waals surface area contributed by atoms with Crippen LogP contribution in [0.1, 0.15) is 49.7 Å². The summed E-state index contributed by atoms with van der Waals surface area (Å²) in [6, 6.07) is 0.424. The molecular formula is C14H22N2O2S. The number of carbonyl (C=O) groups is 1. The van der Waals surface area contributed by atoms with Crippen LogP contribution in [0, 0.1) is 0 Å². The quantitative estimate of drug-likeness (QED) is 0.835. The van der Waals surface area contributed by atoms with E-state index in [-0.39, 0.29) is 6.54 Å². The first-order valence-electron chi connectivity index (χ1n) is 7.08. The number of hydrogen-bond donors (Lipinski definition) is 1. The number of hydrogen-bond acceptors (Lipinski definition) is 4. The third-order valence-electron chi connectivity index (χ3n) is 3.61. The summed E-state index contributed by atoms with van der Waals surface area (Å²) >= 11 is 1.69. The van der Waals surface area contributed by atoms with Crippen LogP contribution in [-0.2, 0) is 17.8 Å². The lowest BCUT2D eigenvalue weighted by atomic mass is 10.2. The Morgan fingerprint density at radius 1 is 1.53 bits per heavy atom. The second-order valence-corrected chi connectivity index (χ2v) is 6.16. The minimum Gasteiger partial charge on any atom is -0.480 e. The number of aliphatic carboxylic acids is 1. The molecule has 0 aromatic carbocycles. The molecule has 1 aromatic heterocycles. The fourth-order valence-electron chi connectivity index (χ4n) is 2.72. The first-order valence-corrected chi connectivity index (χ1v) is 7.96. The Morgan fingerprint density at radius 2 is 2.26 bits per heavy atom. The molecule has 5 heteroatoms. The molecule has 0 saturated heterocycles. The van der Waals surface area contributed by atoms with Crippen LogP contribution in [0.4, 0.5) is 0 Å². The Kier molecular flexibility index (Phi) is 5.34. The second kappa shape index (κ2) is 7.01. The number of carboxylic acids is 1. The van der Waals surface area contributed by atoms with Crippen LogP contribution in [0.15, 0.2) is 5.38 Å². The van der Waals surface area contributed by atoms with E-state index in [1.807, 2.05) is 0 Å². The molecule has 0 aliphatic heterocycles. The molecule has 19 heavy (non-hydrogen) atoms. The summed E-state index contributed by atoms with van der Waals surface area (Å²) in [5.41, 5.74) is 1.03. The molecule has 0 atom stereocenters. The molecule has 2 rings (SSSR count). The van der Waals surface area contributed by atoms with Gasteiger partial charge in [-0.1, -0.05) is 19.8 Å². The fourth-order valence-corrected chi connectivity index (χ4v) is 3.61. The number of rotatable bonds is 7. The molecule has 106 valence electrons. The van der Waals surface area contributed by atoms with E-state index in [1.54, 1.807) is 11.3 Å². The minimum atomic E-state index is -0.740. The molecule has 0 amide bonds. The second-order valence-electron chi connectivity index (χ2n) is 5.22. The van der Waals surface area contributed by atoms with Gasteiger partial charge in [-0.3, -0.25) is 9.69 Å². The Hall–Kier alpha value is -0.940. The van der Waals surface area contributed by atoms with Gasteiger partial charge in [-0.2, -0.15) is 0 Å². The van der Waals surface area contributed by atoms with Crippen LogP contribution in [0.25, 0.3) is 0 Å². The number of aromatic nitrogens is 1. The number of aryl methyl sites for hydroxylation is 1. The third kappa shape index (κ3) is 4.28. The minimum absolute atomic E-state index is 0.130. The van der Waals surface area contributed by atoms with Crippen molar-refractivity contribution in [2.75, 3.05) is 6.54 Å². The molecule has 1 heterocycles. The molecule has 1 fully saturated rings. The van der Waals surface area contributed by atoms with Gasteiger partial charge in [0.25, 0.3) is 0 Å².